The molecular formula is C17H34O. The fourth-order valence-electron chi connectivity index (χ4n) is 2.49. The van der Waals surface area contributed by atoms with Crippen LogP contribution in [0.15, 0.2) is 0 Å². The Morgan fingerprint density at radius 1 is 0.778 bits per heavy atom. The molecule has 0 aromatic heterocycles. The van der Waals surface area contributed by atoms with Gasteiger partial charge in [-0.25, -0.2) is 0 Å². The molecule has 0 radical (unpaired) electrons. The number of aldehydes is 1. The molecule has 1 unspecified atom stereocenters. The second-order valence-corrected chi connectivity index (χ2v) is 5.82. The summed E-state index contributed by atoms with van der Waals surface area (Å²) in [5.74, 6) is 0.858. The average Bonchev–Trinajstić information content (AvgIpc) is 2.38. The Kier molecular flexibility index (Phi) is 14.5. The Morgan fingerprint density at radius 2 is 1.28 bits per heavy atom. The van der Waals surface area contributed by atoms with Gasteiger partial charge in [-0.2, -0.15) is 0 Å². The fraction of sp³-hybridized carbons (Fsp3) is 0.941. The molecule has 0 aromatic rings. The topological polar surface area (TPSA) is 17.1 Å². The maximum Gasteiger partial charge on any atom is 0.119 e. The average molecular weight is 254 g/mol. The van der Waals surface area contributed by atoms with E-state index in [1.165, 1.54) is 70.6 Å². The molecule has 0 bridgehead atoms. The van der Waals surface area contributed by atoms with Crippen molar-refractivity contribution in [2.45, 2.75) is 97.3 Å². The van der Waals surface area contributed by atoms with Gasteiger partial charge in [0.25, 0.3) is 0 Å². The van der Waals surface area contributed by atoms with Crippen molar-refractivity contribution in [3.05, 3.63) is 0 Å². The lowest BCUT2D eigenvalue weighted by Gasteiger charge is -2.10. The van der Waals surface area contributed by atoms with E-state index < -0.39 is 0 Å². The van der Waals surface area contributed by atoms with Gasteiger partial charge in [0.2, 0.25) is 0 Å². The van der Waals surface area contributed by atoms with Crippen molar-refractivity contribution >= 4 is 6.29 Å². The van der Waals surface area contributed by atoms with Gasteiger partial charge in [0, 0.05) is 6.42 Å². The zero-order valence-corrected chi connectivity index (χ0v) is 12.8. The van der Waals surface area contributed by atoms with E-state index in [0.29, 0.717) is 0 Å². The second kappa shape index (κ2) is 14.7. The van der Waals surface area contributed by atoms with Crippen molar-refractivity contribution in [2.24, 2.45) is 5.92 Å². The molecule has 0 aliphatic heterocycles. The zero-order chi connectivity index (χ0) is 13.5. The molecule has 0 saturated heterocycles. The van der Waals surface area contributed by atoms with Crippen molar-refractivity contribution in [2.75, 3.05) is 0 Å². The van der Waals surface area contributed by atoms with Crippen LogP contribution < -0.4 is 0 Å². The summed E-state index contributed by atoms with van der Waals surface area (Å²) in [5.41, 5.74) is 0. The van der Waals surface area contributed by atoms with Gasteiger partial charge in [-0.3, -0.25) is 0 Å². The monoisotopic (exact) mass is 254 g/mol. The highest BCUT2D eigenvalue weighted by molar-refractivity contribution is 5.48. The number of hydrogen-bond donors (Lipinski definition) is 0. The lowest BCUT2D eigenvalue weighted by atomic mass is 9.96. The number of carbonyl (C=O) groups is 1. The summed E-state index contributed by atoms with van der Waals surface area (Å²) in [6.07, 6.45) is 18.1. The Balaban J connectivity index is 3.10. The first-order valence-corrected chi connectivity index (χ1v) is 8.24. The lowest BCUT2D eigenvalue weighted by Crippen LogP contribution is -1.95. The van der Waals surface area contributed by atoms with Crippen LogP contribution in [0.4, 0.5) is 0 Å². The quantitative estimate of drug-likeness (QED) is 0.278. The SMILES string of the molecule is CCCCCCCCCCC(C)CCCCC=O. The molecule has 0 aromatic carbocycles. The first kappa shape index (κ1) is 17.7. The van der Waals surface area contributed by atoms with Crippen LogP contribution in [-0.2, 0) is 4.79 Å². The van der Waals surface area contributed by atoms with Gasteiger partial charge in [-0.05, 0) is 12.3 Å². The summed E-state index contributed by atoms with van der Waals surface area (Å²) >= 11 is 0. The largest absolute Gasteiger partial charge is 0.303 e. The zero-order valence-electron chi connectivity index (χ0n) is 12.8. The molecule has 0 aliphatic rings. The predicted octanol–water partition coefficient (Wildman–Crippen LogP) is 5.91. The number of hydrogen-bond acceptors (Lipinski definition) is 1. The molecule has 0 N–H and O–H groups in total. The number of unbranched alkanes of at least 4 members (excludes halogenated alkanes) is 9. The van der Waals surface area contributed by atoms with Gasteiger partial charge < -0.3 is 4.79 Å². The summed E-state index contributed by atoms with van der Waals surface area (Å²) in [7, 11) is 0. The van der Waals surface area contributed by atoms with Gasteiger partial charge in [-0.1, -0.05) is 84.5 Å². The first-order chi connectivity index (χ1) is 8.81. The van der Waals surface area contributed by atoms with E-state index in [9.17, 15) is 4.79 Å². The van der Waals surface area contributed by atoms with Crippen LogP contribution in [0, 0.1) is 5.92 Å². The molecule has 0 heterocycles. The van der Waals surface area contributed by atoms with Crippen LogP contribution >= 0.6 is 0 Å². The summed E-state index contributed by atoms with van der Waals surface area (Å²) in [5, 5.41) is 0. The van der Waals surface area contributed by atoms with Crippen LogP contribution in [0.1, 0.15) is 97.3 Å². The Bertz CT molecular complexity index is 165. The minimum absolute atomic E-state index is 0.754. The molecule has 0 saturated carbocycles. The molecule has 108 valence electrons. The van der Waals surface area contributed by atoms with Crippen LogP contribution in [0.2, 0.25) is 0 Å². The van der Waals surface area contributed by atoms with Gasteiger partial charge in [-0.15, -0.1) is 0 Å². The minimum atomic E-state index is 0.754. The highest BCUT2D eigenvalue weighted by atomic mass is 16.1. The first-order valence-electron chi connectivity index (χ1n) is 8.24. The molecule has 0 rings (SSSR count). The standard InChI is InChI=1S/C17H34O/c1-3-4-5-6-7-8-9-11-14-17(2)15-12-10-13-16-18/h16-17H,3-15H2,1-2H3. The van der Waals surface area contributed by atoms with E-state index in [2.05, 4.69) is 13.8 Å². The van der Waals surface area contributed by atoms with Gasteiger partial charge in [0.05, 0.1) is 0 Å². The predicted molar refractivity (Wildman–Crippen MR) is 80.9 cm³/mol. The highest BCUT2D eigenvalue weighted by Gasteiger charge is 2.01. The Labute approximate surface area is 115 Å². The van der Waals surface area contributed by atoms with Crippen LogP contribution in [0.25, 0.3) is 0 Å². The van der Waals surface area contributed by atoms with E-state index in [0.717, 1.165) is 25.0 Å². The molecule has 1 nitrogen and oxygen atoms in total. The molecule has 0 amide bonds. The van der Waals surface area contributed by atoms with E-state index >= 15 is 0 Å². The van der Waals surface area contributed by atoms with Gasteiger partial charge in [0.1, 0.15) is 6.29 Å². The van der Waals surface area contributed by atoms with Crippen LogP contribution in [-0.4, -0.2) is 6.29 Å². The summed E-state index contributed by atoms with van der Waals surface area (Å²) in [6.45, 7) is 4.64. The molecule has 18 heavy (non-hydrogen) atoms. The third-order valence-electron chi connectivity index (χ3n) is 3.82. The van der Waals surface area contributed by atoms with E-state index in [1.54, 1.807) is 0 Å². The maximum atomic E-state index is 10.2. The summed E-state index contributed by atoms with van der Waals surface area (Å²) in [6, 6.07) is 0. The van der Waals surface area contributed by atoms with Crippen molar-refractivity contribution < 1.29 is 4.79 Å². The molecular weight excluding hydrogens is 220 g/mol. The molecule has 1 heteroatoms. The van der Waals surface area contributed by atoms with Crippen molar-refractivity contribution in [1.82, 2.24) is 0 Å². The van der Waals surface area contributed by atoms with Crippen LogP contribution in [0.3, 0.4) is 0 Å². The second-order valence-electron chi connectivity index (χ2n) is 5.82. The smallest absolute Gasteiger partial charge is 0.119 e. The number of carbonyl (C=O) groups excluding carboxylic acids is 1. The number of rotatable bonds is 14. The molecule has 0 fully saturated rings. The van der Waals surface area contributed by atoms with E-state index in [1.807, 2.05) is 0 Å². The maximum absolute atomic E-state index is 10.2. The highest BCUT2D eigenvalue weighted by Crippen LogP contribution is 2.17. The van der Waals surface area contributed by atoms with Gasteiger partial charge in [0.15, 0.2) is 0 Å². The summed E-state index contributed by atoms with van der Waals surface area (Å²) < 4.78 is 0. The van der Waals surface area contributed by atoms with E-state index in [-0.39, 0.29) is 0 Å². The molecule has 1 atom stereocenters. The lowest BCUT2D eigenvalue weighted by molar-refractivity contribution is -0.107. The molecule has 0 aliphatic carbocycles. The minimum Gasteiger partial charge on any atom is -0.303 e. The Hall–Kier alpha value is -0.330. The van der Waals surface area contributed by atoms with Crippen molar-refractivity contribution in [1.29, 1.82) is 0 Å². The van der Waals surface area contributed by atoms with Crippen molar-refractivity contribution in [3.8, 4) is 0 Å². The molecule has 0 spiro atoms. The van der Waals surface area contributed by atoms with Gasteiger partial charge >= 0.3 is 0 Å². The third-order valence-corrected chi connectivity index (χ3v) is 3.82. The van der Waals surface area contributed by atoms with Crippen molar-refractivity contribution in [3.63, 3.8) is 0 Å². The fourth-order valence-corrected chi connectivity index (χ4v) is 2.49. The van der Waals surface area contributed by atoms with E-state index in [4.69, 9.17) is 0 Å². The summed E-state index contributed by atoms with van der Waals surface area (Å²) in [4.78, 5) is 10.2. The normalized spacial score (nSPS) is 12.6. The van der Waals surface area contributed by atoms with Crippen LogP contribution in [0.5, 0.6) is 0 Å². The third kappa shape index (κ3) is 13.7. The Morgan fingerprint density at radius 3 is 1.83 bits per heavy atom.